The van der Waals surface area contributed by atoms with Crippen molar-refractivity contribution in [3.8, 4) is 0 Å². The number of carbonyl (C=O) groups is 1. The number of nitrogens with zero attached hydrogens (tertiary/aromatic N) is 4. The van der Waals surface area contributed by atoms with Gasteiger partial charge in [-0.1, -0.05) is 12.5 Å². The molecule has 1 saturated heterocycles. The Balaban J connectivity index is 1.41. The zero-order valence-corrected chi connectivity index (χ0v) is 16.9. The topological polar surface area (TPSA) is 83.3 Å². The number of hydrogen-bond acceptors (Lipinski definition) is 4. The van der Waals surface area contributed by atoms with Gasteiger partial charge in [-0.2, -0.15) is 4.98 Å². The van der Waals surface area contributed by atoms with Gasteiger partial charge in [0.25, 0.3) is 0 Å². The number of nitrogens with one attached hydrogen (secondary N) is 1. The molecular formula is C21H24F3N5O2. The third kappa shape index (κ3) is 3.51. The van der Waals surface area contributed by atoms with Crippen molar-refractivity contribution in [3.05, 3.63) is 41.0 Å². The number of aryl methyl sites for hydroxylation is 1. The lowest BCUT2D eigenvalue weighted by molar-refractivity contribution is 0.112. The molecule has 1 amide bonds. The van der Waals surface area contributed by atoms with E-state index in [1.165, 1.54) is 11.0 Å². The van der Waals surface area contributed by atoms with Gasteiger partial charge in [0, 0.05) is 37.2 Å². The monoisotopic (exact) mass is 435 g/mol. The summed E-state index contributed by atoms with van der Waals surface area (Å²) in [5.74, 6) is -3.00. The van der Waals surface area contributed by atoms with Gasteiger partial charge in [-0.25, -0.2) is 22.6 Å². The molecule has 1 saturated carbocycles. The Morgan fingerprint density at radius 1 is 1.06 bits per heavy atom. The summed E-state index contributed by atoms with van der Waals surface area (Å²) in [7, 11) is 0. The van der Waals surface area contributed by atoms with E-state index in [1.54, 1.807) is 4.68 Å². The van der Waals surface area contributed by atoms with Crippen LogP contribution in [0, 0.1) is 29.3 Å². The first-order valence-corrected chi connectivity index (χ1v) is 10.7. The van der Waals surface area contributed by atoms with Gasteiger partial charge in [-0.05, 0) is 43.6 Å². The van der Waals surface area contributed by atoms with Crippen molar-refractivity contribution in [2.45, 2.75) is 50.6 Å². The average molecular weight is 435 g/mol. The van der Waals surface area contributed by atoms with Crippen LogP contribution < -0.4 is 5.32 Å². The third-order valence-corrected chi connectivity index (χ3v) is 6.97. The molecule has 2 aliphatic heterocycles. The van der Waals surface area contributed by atoms with E-state index >= 15 is 0 Å². The number of carboxylic acid groups (broad SMARTS) is 1. The van der Waals surface area contributed by atoms with E-state index in [-0.39, 0.29) is 23.4 Å². The standard InChI is InChI=1S/C21H24F3N5O2/c22-15-7-6-13(16(23)17(15)24)14-3-1-2-8-29-19(14)26-20(27-29)25-18-11-4-5-12(18)10-28(9-11)21(30)31/h6-7,11-12,14,18H,1-5,8-10H2,(H,25,27)(H,30,31)/t11-,12+,14?,18-. The van der Waals surface area contributed by atoms with Gasteiger partial charge in [0.15, 0.2) is 17.5 Å². The lowest BCUT2D eigenvalue weighted by atomic mass is 9.92. The molecule has 1 unspecified atom stereocenters. The maximum absolute atomic E-state index is 14.5. The zero-order valence-electron chi connectivity index (χ0n) is 16.9. The highest BCUT2D eigenvalue weighted by Crippen LogP contribution is 2.39. The van der Waals surface area contributed by atoms with E-state index in [0.717, 1.165) is 31.7 Å². The zero-order chi connectivity index (χ0) is 21.7. The second kappa shape index (κ2) is 7.72. The van der Waals surface area contributed by atoms with Crippen molar-refractivity contribution in [1.29, 1.82) is 0 Å². The normalized spacial score (nSPS) is 27.6. The first kappa shape index (κ1) is 20.1. The number of piperidine rings is 1. The fraction of sp³-hybridized carbons (Fsp3) is 0.571. The smallest absolute Gasteiger partial charge is 0.407 e. The summed E-state index contributed by atoms with van der Waals surface area (Å²) in [6.07, 6.45) is 3.21. The molecule has 2 aromatic rings. The number of hydrogen-bond donors (Lipinski definition) is 2. The molecule has 1 aliphatic carbocycles. The fourth-order valence-electron chi connectivity index (χ4n) is 5.44. The summed E-state index contributed by atoms with van der Waals surface area (Å²) in [5.41, 5.74) is 0.0934. The molecule has 7 nitrogen and oxygen atoms in total. The van der Waals surface area contributed by atoms with Crippen LogP contribution in [-0.4, -0.2) is 50.0 Å². The maximum atomic E-state index is 14.5. The van der Waals surface area contributed by atoms with Crippen LogP contribution in [0.2, 0.25) is 0 Å². The van der Waals surface area contributed by atoms with Gasteiger partial charge in [0.05, 0.1) is 0 Å². The number of rotatable bonds is 3. The number of aromatic nitrogens is 3. The van der Waals surface area contributed by atoms with Crippen molar-refractivity contribution in [3.63, 3.8) is 0 Å². The minimum atomic E-state index is -1.46. The van der Waals surface area contributed by atoms with Crippen LogP contribution in [0.3, 0.4) is 0 Å². The van der Waals surface area contributed by atoms with Gasteiger partial charge in [0.1, 0.15) is 5.82 Å². The fourth-order valence-corrected chi connectivity index (χ4v) is 5.44. The summed E-state index contributed by atoms with van der Waals surface area (Å²) in [6.45, 7) is 1.59. The van der Waals surface area contributed by atoms with Crippen molar-refractivity contribution in [2.24, 2.45) is 11.8 Å². The van der Waals surface area contributed by atoms with E-state index in [1.807, 2.05) is 0 Å². The Kier molecular flexibility index (Phi) is 5.02. The molecule has 2 N–H and O–H groups in total. The van der Waals surface area contributed by atoms with E-state index in [0.29, 0.717) is 37.8 Å². The van der Waals surface area contributed by atoms with Gasteiger partial charge >= 0.3 is 6.09 Å². The Bertz CT molecular complexity index is 999. The number of anilines is 1. The number of amides is 1. The Hall–Kier alpha value is -2.78. The largest absolute Gasteiger partial charge is 0.465 e. The molecule has 166 valence electrons. The van der Waals surface area contributed by atoms with Crippen molar-refractivity contribution >= 4 is 12.0 Å². The molecule has 31 heavy (non-hydrogen) atoms. The number of fused-ring (bicyclic) bond motifs is 3. The molecular weight excluding hydrogens is 411 g/mol. The molecule has 5 rings (SSSR count). The summed E-state index contributed by atoms with van der Waals surface area (Å²) >= 11 is 0. The van der Waals surface area contributed by atoms with E-state index < -0.39 is 29.5 Å². The quantitative estimate of drug-likeness (QED) is 0.717. The molecule has 1 aromatic carbocycles. The van der Waals surface area contributed by atoms with Gasteiger partial charge in [-0.15, -0.1) is 5.10 Å². The molecule has 2 bridgehead atoms. The highest BCUT2D eigenvalue weighted by molar-refractivity contribution is 5.65. The van der Waals surface area contributed by atoms with Crippen molar-refractivity contribution < 1.29 is 23.1 Å². The van der Waals surface area contributed by atoms with Crippen LogP contribution in [-0.2, 0) is 6.54 Å². The molecule has 2 fully saturated rings. The molecule has 10 heteroatoms. The number of benzene rings is 1. The molecule has 1 aromatic heterocycles. The highest BCUT2D eigenvalue weighted by atomic mass is 19.2. The SMILES string of the molecule is O=C(O)N1C[C@H]2CC[C@@H](C1)[C@@H]2Nc1nc2n(n1)CCCCC2c1ccc(F)c(F)c1F. The Labute approximate surface area is 177 Å². The lowest BCUT2D eigenvalue weighted by Gasteiger charge is -2.36. The Morgan fingerprint density at radius 2 is 1.81 bits per heavy atom. The molecule has 0 spiro atoms. The summed E-state index contributed by atoms with van der Waals surface area (Å²) in [5, 5.41) is 17.3. The summed E-state index contributed by atoms with van der Waals surface area (Å²) < 4.78 is 43.6. The van der Waals surface area contributed by atoms with E-state index in [4.69, 9.17) is 0 Å². The van der Waals surface area contributed by atoms with Crippen molar-refractivity contribution in [1.82, 2.24) is 19.7 Å². The highest BCUT2D eigenvalue weighted by Gasteiger charge is 2.44. The molecule has 0 radical (unpaired) electrons. The maximum Gasteiger partial charge on any atom is 0.407 e. The van der Waals surface area contributed by atoms with Crippen LogP contribution in [0.5, 0.6) is 0 Å². The van der Waals surface area contributed by atoms with Gasteiger partial charge < -0.3 is 15.3 Å². The number of likely N-dealkylation sites (tertiary alicyclic amines) is 1. The van der Waals surface area contributed by atoms with Crippen LogP contribution in [0.1, 0.15) is 49.4 Å². The minimum absolute atomic E-state index is 0.0840. The third-order valence-electron chi connectivity index (χ3n) is 6.97. The second-order valence-corrected chi connectivity index (χ2v) is 8.78. The number of halogens is 3. The Morgan fingerprint density at radius 3 is 2.52 bits per heavy atom. The second-order valence-electron chi connectivity index (χ2n) is 8.78. The van der Waals surface area contributed by atoms with Crippen LogP contribution >= 0.6 is 0 Å². The predicted molar refractivity (Wildman–Crippen MR) is 105 cm³/mol. The van der Waals surface area contributed by atoms with Gasteiger partial charge in [0.2, 0.25) is 5.95 Å². The van der Waals surface area contributed by atoms with Crippen LogP contribution in [0.25, 0.3) is 0 Å². The van der Waals surface area contributed by atoms with Crippen LogP contribution in [0.15, 0.2) is 12.1 Å². The van der Waals surface area contributed by atoms with Crippen molar-refractivity contribution in [2.75, 3.05) is 18.4 Å². The van der Waals surface area contributed by atoms with Crippen LogP contribution in [0.4, 0.5) is 23.9 Å². The average Bonchev–Trinajstić information content (AvgIpc) is 3.15. The van der Waals surface area contributed by atoms with Gasteiger partial charge in [-0.3, -0.25) is 0 Å². The predicted octanol–water partition coefficient (Wildman–Crippen LogP) is 3.81. The van der Waals surface area contributed by atoms with E-state index in [9.17, 15) is 23.1 Å². The minimum Gasteiger partial charge on any atom is -0.465 e. The van der Waals surface area contributed by atoms with E-state index in [2.05, 4.69) is 15.4 Å². The lowest BCUT2D eigenvalue weighted by Crippen LogP contribution is -2.49. The first-order valence-electron chi connectivity index (χ1n) is 10.7. The molecule has 3 heterocycles. The molecule has 3 aliphatic rings. The summed E-state index contributed by atoms with van der Waals surface area (Å²) in [4.78, 5) is 17.4. The first-order chi connectivity index (χ1) is 14.9. The molecule has 4 atom stereocenters. The summed E-state index contributed by atoms with van der Waals surface area (Å²) in [6, 6.07) is 2.32.